The number of aryl methyl sites for hydroxylation is 1. The number of hydrogen-bond donors (Lipinski definition) is 1. The summed E-state index contributed by atoms with van der Waals surface area (Å²) in [5, 5.41) is 4.14. The Bertz CT molecular complexity index is 1280. The van der Waals surface area contributed by atoms with Gasteiger partial charge in [0, 0.05) is 29.4 Å². The number of hydrazone groups is 1. The molecule has 6 rings (SSSR count). The Balaban J connectivity index is 1.41. The molecule has 3 aromatic rings. The Kier molecular flexibility index (Phi) is 3.06. The van der Waals surface area contributed by atoms with Gasteiger partial charge >= 0.3 is 0 Å². The van der Waals surface area contributed by atoms with Crippen LogP contribution in [0.2, 0.25) is 0 Å². The molecular formula is C24H20N2O2S. The van der Waals surface area contributed by atoms with Gasteiger partial charge in [0.1, 0.15) is 0 Å². The number of nitrogens with zero attached hydrogens (tertiary/aromatic N) is 1. The predicted octanol–water partition coefficient (Wildman–Crippen LogP) is 4.29. The molecule has 0 spiro atoms. The Morgan fingerprint density at radius 1 is 0.897 bits per heavy atom. The predicted molar refractivity (Wildman–Crippen MR) is 113 cm³/mol. The number of benzene rings is 3. The van der Waals surface area contributed by atoms with E-state index in [-0.39, 0.29) is 28.8 Å². The molecule has 0 amide bonds. The Morgan fingerprint density at radius 2 is 1.41 bits per heavy atom. The maximum absolute atomic E-state index is 12.7. The zero-order chi connectivity index (χ0) is 20.7. The zero-order valence-electron chi connectivity index (χ0n) is 16.8. The molecule has 0 aliphatic heterocycles. The lowest BCUT2D eigenvalue weighted by atomic mass is 9.86. The second kappa shape index (κ2) is 5.57. The van der Waals surface area contributed by atoms with Crippen molar-refractivity contribution < 1.29 is 9.79 Å². The van der Waals surface area contributed by atoms with Crippen LogP contribution in [0.3, 0.4) is 0 Å². The molecular weight excluding hydrogens is 380 g/mol. The largest absolute Gasteiger partial charge is 0.276 e. The second-order valence-electron chi connectivity index (χ2n) is 8.21. The summed E-state index contributed by atoms with van der Waals surface area (Å²) in [6.07, 6.45) is 0.116. The molecule has 3 aliphatic rings. The topological polar surface area (TPSA) is 58.5 Å². The third-order valence-corrected chi connectivity index (χ3v) is 7.99. The van der Waals surface area contributed by atoms with E-state index in [0.717, 1.165) is 5.56 Å². The molecule has 3 aromatic carbocycles. The highest BCUT2D eigenvalue weighted by molar-refractivity contribution is 7.89. The van der Waals surface area contributed by atoms with Crippen LogP contribution in [0.1, 0.15) is 46.9 Å². The average molecular weight is 402 g/mol. The molecule has 29 heavy (non-hydrogen) atoms. The molecule has 2 atom stereocenters. The van der Waals surface area contributed by atoms with E-state index in [1.807, 2.05) is 31.2 Å². The summed E-state index contributed by atoms with van der Waals surface area (Å²) in [6.45, 7) is 1.90. The zero-order valence-corrected chi connectivity index (χ0v) is 16.6. The van der Waals surface area contributed by atoms with Crippen molar-refractivity contribution in [1.82, 2.24) is 4.83 Å². The van der Waals surface area contributed by atoms with E-state index in [4.69, 9.17) is 1.37 Å². The number of rotatable bonds is 4. The van der Waals surface area contributed by atoms with Crippen LogP contribution in [-0.4, -0.2) is 14.6 Å². The molecule has 0 bridgehead atoms. The fraction of sp³-hybridized carbons (Fsp3) is 0.208. The molecule has 144 valence electrons. The summed E-state index contributed by atoms with van der Waals surface area (Å²) >= 11 is 0. The first-order valence-electron chi connectivity index (χ1n) is 10.3. The monoisotopic (exact) mass is 401 g/mol. The van der Waals surface area contributed by atoms with Crippen molar-refractivity contribution in [1.29, 1.82) is 0 Å². The molecule has 4 nitrogen and oxygen atoms in total. The Labute approximate surface area is 171 Å². The first-order valence-corrected chi connectivity index (χ1v) is 11.3. The lowest BCUT2D eigenvalue weighted by Gasteiger charge is -2.17. The quantitative estimate of drug-likeness (QED) is 0.524. The smallest absolute Gasteiger partial charge is 0.200 e. The number of fused-ring (bicyclic) bond motifs is 7. The number of sulfonamides is 1. The van der Waals surface area contributed by atoms with E-state index >= 15 is 0 Å². The van der Waals surface area contributed by atoms with Gasteiger partial charge < -0.3 is 0 Å². The molecule has 1 saturated carbocycles. The lowest BCUT2D eigenvalue weighted by Crippen LogP contribution is -2.21. The van der Waals surface area contributed by atoms with Crippen molar-refractivity contribution in [2.24, 2.45) is 10.5 Å². The van der Waals surface area contributed by atoms with Crippen molar-refractivity contribution in [3.05, 3.63) is 101 Å². The van der Waals surface area contributed by atoms with Crippen molar-refractivity contribution in [2.45, 2.75) is 29.6 Å². The Hall–Kier alpha value is -2.92. The first-order chi connectivity index (χ1) is 14.5. The lowest BCUT2D eigenvalue weighted by molar-refractivity contribution is 0.582. The summed E-state index contributed by atoms with van der Waals surface area (Å²) in [6, 6.07) is 23.3. The van der Waals surface area contributed by atoms with Crippen molar-refractivity contribution in [3.8, 4) is 0 Å². The van der Waals surface area contributed by atoms with E-state index in [1.165, 1.54) is 22.3 Å². The van der Waals surface area contributed by atoms with E-state index < -0.39 is 15.4 Å². The highest BCUT2D eigenvalue weighted by Gasteiger charge is 2.77. The summed E-state index contributed by atoms with van der Waals surface area (Å²) < 4.78 is 34.2. The van der Waals surface area contributed by atoms with E-state index in [9.17, 15) is 8.42 Å². The minimum Gasteiger partial charge on any atom is -0.200 e. The van der Waals surface area contributed by atoms with Crippen LogP contribution >= 0.6 is 0 Å². The van der Waals surface area contributed by atoms with Gasteiger partial charge in [-0.05, 0) is 41.3 Å². The van der Waals surface area contributed by atoms with Gasteiger partial charge in [-0.2, -0.15) is 13.5 Å². The van der Waals surface area contributed by atoms with Crippen LogP contribution in [0, 0.1) is 12.3 Å². The summed E-state index contributed by atoms with van der Waals surface area (Å²) in [4.78, 5) is 2.47. The molecule has 0 heterocycles. The average Bonchev–Trinajstić information content (AvgIpc) is 3.26. The van der Waals surface area contributed by atoms with Gasteiger partial charge in [0.25, 0.3) is 10.0 Å². The molecule has 0 saturated heterocycles. The van der Waals surface area contributed by atoms with Gasteiger partial charge in [0.05, 0.1) is 6.27 Å². The van der Waals surface area contributed by atoms with Gasteiger partial charge in [-0.1, -0.05) is 66.2 Å². The number of hydrogen-bond acceptors (Lipinski definition) is 3. The van der Waals surface area contributed by atoms with Crippen LogP contribution in [0.4, 0.5) is 0 Å². The van der Waals surface area contributed by atoms with Gasteiger partial charge in [-0.3, -0.25) is 0 Å². The summed E-state index contributed by atoms with van der Waals surface area (Å²) in [5.41, 5.74) is 5.52. The minimum atomic E-state index is -3.82. The standard InChI is InChI=1S/C24H20N2O2S/c1-15-10-12-16(13-11-15)29(27,28)26-25-14-24-21-17-6-2-4-8-19(17)22(24)23(24)20-9-5-3-7-18(20)21/h2-14,21-23,26H,1H3/i14D. The molecule has 1 N–H and O–H groups in total. The van der Waals surface area contributed by atoms with Crippen LogP contribution in [-0.2, 0) is 10.0 Å². The summed E-state index contributed by atoms with van der Waals surface area (Å²) in [5.74, 6) is 0.433. The highest BCUT2D eigenvalue weighted by Crippen LogP contribution is 2.85. The highest BCUT2D eigenvalue weighted by atomic mass is 32.2. The van der Waals surface area contributed by atoms with Crippen LogP contribution in [0.15, 0.2) is 82.8 Å². The van der Waals surface area contributed by atoms with Gasteiger partial charge in [0.2, 0.25) is 0 Å². The fourth-order valence-corrected chi connectivity index (χ4v) is 6.36. The van der Waals surface area contributed by atoms with Crippen LogP contribution in [0.25, 0.3) is 0 Å². The van der Waals surface area contributed by atoms with Crippen molar-refractivity contribution in [2.75, 3.05) is 0 Å². The van der Waals surface area contributed by atoms with E-state index in [0.29, 0.717) is 0 Å². The van der Waals surface area contributed by atoms with Crippen molar-refractivity contribution >= 4 is 16.2 Å². The Morgan fingerprint density at radius 3 is 1.97 bits per heavy atom. The van der Waals surface area contributed by atoms with Crippen molar-refractivity contribution in [3.63, 3.8) is 0 Å². The van der Waals surface area contributed by atoms with Crippen LogP contribution < -0.4 is 4.83 Å². The molecule has 1 fully saturated rings. The maximum atomic E-state index is 12.7. The van der Waals surface area contributed by atoms with E-state index in [1.54, 1.807) is 24.3 Å². The summed E-state index contributed by atoms with van der Waals surface area (Å²) in [7, 11) is -3.82. The van der Waals surface area contributed by atoms with Gasteiger partial charge in [-0.15, -0.1) is 0 Å². The molecule has 5 heteroatoms. The second-order valence-corrected chi connectivity index (χ2v) is 9.87. The normalized spacial score (nSPS) is 28.9. The van der Waals surface area contributed by atoms with Crippen LogP contribution in [0.5, 0.6) is 0 Å². The minimum absolute atomic E-state index is 0.0556. The molecule has 0 aromatic heterocycles. The molecule has 0 radical (unpaired) electrons. The fourth-order valence-electron chi connectivity index (χ4n) is 5.59. The first kappa shape index (κ1) is 15.9. The molecule has 3 aliphatic carbocycles. The molecule has 2 unspecified atom stereocenters. The number of nitrogens with one attached hydrogen (secondary N) is 1. The third kappa shape index (κ3) is 2.14. The maximum Gasteiger partial charge on any atom is 0.276 e. The van der Waals surface area contributed by atoms with Gasteiger partial charge in [-0.25, -0.2) is 4.83 Å². The SMILES string of the molecule is [2H]C(=NNS(=O)(=O)c1ccc(C)cc1)C12C3c4ccccc4C1C2c1ccccc13. The van der Waals surface area contributed by atoms with E-state index in [2.05, 4.69) is 34.2 Å². The van der Waals surface area contributed by atoms with Gasteiger partial charge in [0.15, 0.2) is 0 Å². The third-order valence-electron chi connectivity index (χ3n) is 6.76.